The standard InChI is InChI=1S/C25H36ClFN4OSSi/c1-15(2)34(16(3)4,17(5)6)13-10-18-19-21(20(27)22(26)28-18)29-24(33-8)30-23(19)31-12-9-11-25(7,32)14-31/h15-17,32H,9,11-12,14H2,1-8H3/t25-/m1/s1. The van der Waals surface area contributed by atoms with Crippen LogP contribution in [0, 0.1) is 17.3 Å². The third-order valence-electron chi connectivity index (χ3n) is 7.13. The molecule has 1 N–H and O–H groups in total. The fourth-order valence-electron chi connectivity index (χ4n) is 5.52. The van der Waals surface area contributed by atoms with Crippen molar-refractivity contribution in [1.82, 2.24) is 15.0 Å². The second-order valence-corrected chi connectivity index (χ2v) is 17.2. The molecular formula is C25H36ClFN4OSSi. The molecule has 186 valence electrons. The van der Waals surface area contributed by atoms with Gasteiger partial charge in [0.05, 0.1) is 11.0 Å². The first-order chi connectivity index (χ1) is 15.8. The molecule has 2 aromatic heterocycles. The van der Waals surface area contributed by atoms with Crippen LogP contribution in [-0.4, -0.2) is 53.1 Å². The van der Waals surface area contributed by atoms with Gasteiger partial charge >= 0.3 is 0 Å². The van der Waals surface area contributed by atoms with Crippen molar-refractivity contribution in [3.8, 4) is 11.5 Å². The Kier molecular flexibility index (Phi) is 8.23. The van der Waals surface area contributed by atoms with Crippen LogP contribution in [0.1, 0.15) is 67.0 Å². The number of thioether (sulfide) groups is 1. The summed E-state index contributed by atoms with van der Waals surface area (Å²) in [4.78, 5) is 15.6. The lowest BCUT2D eigenvalue weighted by molar-refractivity contribution is 0.0447. The Labute approximate surface area is 213 Å². The molecule has 0 saturated carbocycles. The molecule has 0 bridgehead atoms. The largest absolute Gasteiger partial charge is 0.388 e. The summed E-state index contributed by atoms with van der Waals surface area (Å²) in [6.07, 6.45) is 3.37. The van der Waals surface area contributed by atoms with E-state index >= 15 is 4.39 Å². The number of fused-ring (bicyclic) bond motifs is 1. The molecule has 1 aliphatic rings. The van der Waals surface area contributed by atoms with Gasteiger partial charge in [-0.25, -0.2) is 19.3 Å². The van der Waals surface area contributed by atoms with Crippen molar-refractivity contribution < 1.29 is 9.50 Å². The van der Waals surface area contributed by atoms with Crippen LogP contribution < -0.4 is 4.90 Å². The number of anilines is 1. The van der Waals surface area contributed by atoms with Crippen LogP contribution in [-0.2, 0) is 0 Å². The van der Waals surface area contributed by atoms with Crippen molar-refractivity contribution in [2.75, 3.05) is 24.2 Å². The van der Waals surface area contributed by atoms with E-state index < -0.39 is 19.5 Å². The fraction of sp³-hybridized carbons (Fsp3) is 0.640. The molecule has 2 aromatic rings. The minimum absolute atomic E-state index is 0.134. The van der Waals surface area contributed by atoms with Gasteiger partial charge < -0.3 is 10.0 Å². The van der Waals surface area contributed by atoms with E-state index in [1.54, 1.807) is 0 Å². The molecule has 9 heteroatoms. The van der Waals surface area contributed by atoms with Crippen molar-refractivity contribution in [3.05, 3.63) is 16.7 Å². The van der Waals surface area contributed by atoms with E-state index in [0.717, 1.165) is 6.42 Å². The summed E-state index contributed by atoms with van der Waals surface area (Å²) >= 11 is 7.59. The number of pyridine rings is 1. The van der Waals surface area contributed by atoms with Crippen LogP contribution in [0.4, 0.5) is 10.2 Å². The Hall–Kier alpha value is -1.40. The molecule has 34 heavy (non-hydrogen) atoms. The van der Waals surface area contributed by atoms with Crippen molar-refractivity contribution in [2.45, 2.75) is 88.7 Å². The third-order valence-corrected chi connectivity index (χ3v) is 14.2. The van der Waals surface area contributed by atoms with Crippen molar-refractivity contribution in [2.24, 2.45) is 0 Å². The summed E-state index contributed by atoms with van der Waals surface area (Å²) in [5.74, 6) is 3.25. The van der Waals surface area contributed by atoms with Gasteiger partial charge in [-0.3, -0.25) is 0 Å². The smallest absolute Gasteiger partial charge is 0.189 e. The minimum Gasteiger partial charge on any atom is -0.388 e. The van der Waals surface area contributed by atoms with Crippen LogP contribution in [0.3, 0.4) is 0 Å². The molecule has 1 fully saturated rings. The van der Waals surface area contributed by atoms with E-state index in [0.29, 0.717) is 58.2 Å². The number of β-amino-alcohol motifs (C(OH)–C–C–N with tert-alkyl or cyclic N) is 1. The van der Waals surface area contributed by atoms with Gasteiger partial charge in [-0.15, -0.1) is 5.54 Å². The average Bonchev–Trinajstić information content (AvgIpc) is 2.75. The SMILES string of the molecule is CSc1nc(N2CCC[C@@](C)(O)C2)c2c(C#C[Si](C(C)C)(C(C)C)C(C)C)nc(Cl)c(F)c2n1. The normalized spacial score (nSPS) is 19.3. The van der Waals surface area contributed by atoms with Gasteiger partial charge in [0.25, 0.3) is 0 Å². The van der Waals surface area contributed by atoms with E-state index in [4.69, 9.17) is 16.6 Å². The Bertz CT molecular complexity index is 1110. The predicted molar refractivity (Wildman–Crippen MR) is 144 cm³/mol. The first kappa shape index (κ1) is 27.2. The van der Waals surface area contributed by atoms with E-state index in [2.05, 4.69) is 63.0 Å². The molecule has 3 rings (SSSR count). The summed E-state index contributed by atoms with van der Waals surface area (Å²) in [7, 11) is -2.06. The Morgan fingerprint density at radius 3 is 2.26 bits per heavy atom. The molecule has 1 aliphatic heterocycles. The number of aliphatic hydroxyl groups is 1. The van der Waals surface area contributed by atoms with Gasteiger partial charge in [0, 0.05) is 13.1 Å². The Morgan fingerprint density at radius 1 is 1.12 bits per heavy atom. The van der Waals surface area contributed by atoms with Gasteiger partial charge in [-0.1, -0.05) is 70.8 Å². The number of aromatic nitrogens is 3. The fourth-order valence-corrected chi connectivity index (χ4v) is 11.3. The second-order valence-electron chi connectivity index (χ2n) is 10.5. The lowest BCUT2D eigenvalue weighted by Crippen LogP contribution is -2.46. The Balaban J connectivity index is 2.35. The van der Waals surface area contributed by atoms with Gasteiger partial charge in [0.15, 0.2) is 16.1 Å². The predicted octanol–water partition coefficient (Wildman–Crippen LogP) is 6.46. The van der Waals surface area contributed by atoms with E-state index in [1.807, 2.05) is 18.1 Å². The Morgan fingerprint density at radius 2 is 1.74 bits per heavy atom. The third kappa shape index (κ3) is 5.09. The van der Waals surface area contributed by atoms with E-state index in [-0.39, 0.29) is 10.7 Å². The molecule has 5 nitrogen and oxygen atoms in total. The van der Waals surface area contributed by atoms with Crippen LogP contribution in [0.5, 0.6) is 0 Å². The van der Waals surface area contributed by atoms with Gasteiger partial charge in [0.1, 0.15) is 25.1 Å². The van der Waals surface area contributed by atoms with Gasteiger partial charge in [-0.2, -0.15) is 0 Å². The molecule has 0 aliphatic carbocycles. The number of piperidine rings is 1. The maximum Gasteiger partial charge on any atom is 0.189 e. The number of hydrogen-bond acceptors (Lipinski definition) is 6. The lowest BCUT2D eigenvalue weighted by atomic mass is 9.95. The number of hydrogen-bond donors (Lipinski definition) is 1. The van der Waals surface area contributed by atoms with Gasteiger partial charge in [-0.05, 0) is 42.6 Å². The maximum atomic E-state index is 15.3. The van der Waals surface area contributed by atoms with Crippen molar-refractivity contribution in [1.29, 1.82) is 0 Å². The van der Waals surface area contributed by atoms with E-state index in [9.17, 15) is 5.11 Å². The zero-order valence-electron chi connectivity index (χ0n) is 21.5. The highest BCUT2D eigenvalue weighted by Gasteiger charge is 2.42. The zero-order valence-corrected chi connectivity index (χ0v) is 24.0. The number of halogens is 2. The second kappa shape index (κ2) is 10.3. The first-order valence-electron chi connectivity index (χ1n) is 11.9. The van der Waals surface area contributed by atoms with Gasteiger partial charge in [0.2, 0.25) is 0 Å². The highest BCUT2D eigenvalue weighted by atomic mass is 35.5. The highest BCUT2D eigenvalue weighted by Crippen LogP contribution is 2.41. The average molecular weight is 523 g/mol. The molecule has 0 unspecified atom stereocenters. The summed E-state index contributed by atoms with van der Waals surface area (Å²) in [6, 6.07) is 0. The van der Waals surface area contributed by atoms with Crippen molar-refractivity contribution >= 4 is 48.2 Å². The van der Waals surface area contributed by atoms with Crippen LogP contribution in [0.25, 0.3) is 10.9 Å². The van der Waals surface area contributed by atoms with Crippen LogP contribution in [0.2, 0.25) is 21.8 Å². The summed E-state index contributed by atoms with van der Waals surface area (Å²) in [5, 5.41) is 11.4. The topological polar surface area (TPSA) is 62.1 Å². The molecule has 1 saturated heterocycles. The summed E-state index contributed by atoms with van der Waals surface area (Å²) in [6.45, 7) is 16.4. The monoisotopic (exact) mass is 522 g/mol. The molecular weight excluding hydrogens is 487 g/mol. The summed E-state index contributed by atoms with van der Waals surface area (Å²) < 4.78 is 15.3. The summed E-state index contributed by atoms with van der Waals surface area (Å²) in [5.41, 5.74) is 4.70. The van der Waals surface area contributed by atoms with Crippen LogP contribution in [0.15, 0.2) is 5.16 Å². The quantitative estimate of drug-likeness (QED) is 0.160. The van der Waals surface area contributed by atoms with Crippen LogP contribution >= 0.6 is 23.4 Å². The molecule has 0 aromatic carbocycles. The maximum absolute atomic E-state index is 15.3. The molecule has 0 spiro atoms. The first-order valence-corrected chi connectivity index (χ1v) is 15.8. The van der Waals surface area contributed by atoms with Crippen molar-refractivity contribution in [3.63, 3.8) is 0 Å². The lowest BCUT2D eigenvalue weighted by Gasteiger charge is -2.38. The molecule has 0 radical (unpaired) electrons. The number of rotatable bonds is 5. The highest BCUT2D eigenvalue weighted by molar-refractivity contribution is 7.98. The van der Waals surface area contributed by atoms with E-state index in [1.165, 1.54) is 11.8 Å². The zero-order chi connectivity index (χ0) is 25.4. The number of nitrogens with zero attached hydrogens (tertiary/aromatic N) is 4. The molecule has 0 amide bonds. The minimum atomic E-state index is -2.06. The molecule has 1 atom stereocenters. The molecule has 3 heterocycles.